The van der Waals surface area contributed by atoms with Gasteiger partial charge in [0.1, 0.15) is 0 Å². The minimum Gasteiger partial charge on any atom is -0.268 e. The molecule has 0 radical (unpaired) electrons. The van der Waals surface area contributed by atoms with Crippen LogP contribution in [0.5, 0.6) is 0 Å². The number of amides is 1. The van der Waals surface area contributed by atoms with Crippen molar-refractivity contribution in [3.8, 4) is 0 Å². The molecule has 28 heavy (non-hydrogen) atoms. The second kappa shape index (κ2) is 7.64. The van der Waals surface area contributed by atoms with Gasteiger partial charge in [0.15, 0.2) is 4.32 Å². The third-order valence-corrected chi connectivity index (χ3v) is 5.66. The Bertz CT molecular complexity index is 1040. The fourth-order valence-electron chi connectivity index (χ4n) is 2.42. The van der Waals surface area contributed by atoms with Gasteiger partial charge >= 0.3 is 6.18 Å². The summed E-state index contributed by atoms with van der Waals surface area (Å²) in [5, 5.41) is 11.0. The van der Waals surface area contributed by atoms with Crippen molar-refractivity contribution in [3.63, 3.8) is 0 Å². The zero-order chi connectivity index (χ0) is 20.6. The summed E-state index contributed by atoms with van der Waals surface area (Å²) in [5.74, 6) is -0.597. The fourth-order valence-corrected chi connectivity index (χ4v) is 4.11. The van der Waals surface area contributed by atoms with Crippen molar-refractivity contribution in [1.29, 1.82) is 0 Å². The molecule has 0 atom stereocenters. The molecule has 0 spiro atoms. The Balaban J connectivity index is 1.96. The number of thiocarbonyl (C=S) groups is 1. The van der Waals surface area contributed by atoms with Gasteiger partial charge in [0, 0.05) is 6.07 Å². The maximum absolute atomic E-state index is 12.9. The lowest BCUT2D eigenvalue weighted by Crippen LogP contribution is -2.27. The number of hydrogen-bond donors (Lipinski definition) is 0. The van der Waals surface area contributed by atoms with E-state index in [1.54, 1.807) is 6.07 Å². The average Bonchev–Trinajstić information content (AvgIpc) is 2.89. The number of nitrogens with zero attached hydrogens (tertiary/aromatic N) is 2. The number of nitro benzene ring substituents is 1. The number of carbonyl (C=O) groups excluding carboxylic acids is 1. The fraction of sp³-hybridized carbons (Fsp3) is 0.0588. The summed E-state index contributed by atoms with van der Waals surface area (Å²) in [6.07, 6.45) is -3.14. The van der Waals surface area contributed by atoms with E-state index in [1.165, 1.54) is 30.3 Å². The van der Waals surface area contributed by atoms with Crippen LogP contribution in [0, 0.1) is 10.1 Å². The number of alkyl halides is 3. The molecular weight excluding hydrogens is 481 g/mol. The van der Waals surface area contributed by atoms with Crippen molar-refractivity contribution >= 4 is 67.6 Å². The highest BCUT2D eigenvalue weighted by Gasteiger charge is 2.36. The minimum atomic E-state index is -4.55. The predicted molar refractivity (Wildman–Crippen MR) is 108 cm³/mol. The van der Waals surface area contributed by atoms with Crippen LogP contribution in [0.15, 0.2) is 51.8 Å². The molecule has 2 aromatic rings. The predicted octanol–water partition coefficient (Wildman–Crippen LogP) is 5.78. The lowest BCUT2D eigenvalue weighted by Gasteiger charge is -2.16. The van der Waals surface area contributed by atoms with Crippen molar-refractivity contribution in [2.45, 2.75) is 6.18 Å². The van der Waals surface area contributed by atoms with E-state index in [9.17, 15) is 28.1 Å². The van der Waals surface area contributed by atoms with Gasteiger partial charge < -0.3 is 0 Å². The second-order valence-electron chi connectivity index (χ2n) is 5.53. The van der Waals surface area contributed by atoms with Crippen LogP contribution in [0.2, 0.25) is 0 Å². The van der Waals surface area contributed by atoms with Crippen molar-refractivity contribution in [1.82, 2.24) is 0 Å². The van der Waals surface area contributed by atoms with Gasteiger partial charge in [-0.2, -0.15) is 13.2 Å². The Morgan fingerprint density at radius 3 is 2.57 bits per heavy atom. The quantitative estimate of drug-likeness (QED) is 0.237. The Morgan fingerprint density at radius 2 is 1.93 bits per heavy atom. The summed E-state index contributed by atoms with van der Waals surface area (Å²) in [5.41, 5.74) is -0.685. The number of halogens is 4. The SMILES string of the molecule is O=C1/C(=C\c2ccc(Br)c([N+](=O)[O-])c2)SC(=S)N1c1cccc(C(F)(F)F)c1. The van der Waals surface area contributed by atoms with Crippen LogP contribution in [0.3, 0.4) is 0 Å². The molecule has 0 aliphatic carbocycles. The first-order chi connectivity index (χ1) is 13.1. The average molecular weight is 489 g/mol. The summed E-state index contributed by atoms with van der Waals surface area (Å²) in [6, 6.07) is 8.61. The van der Waals surface area contributed by atoms with Crippen LogP contribution >= 0.6 is 39.9 Å². The molecule has 0 N–H and O–H groups in total. The maximum atomic E-state index is 12.9. The third kappa shape index (κ3) is 4.10. The standard InChI is InChI=1S/C17H8BrF3N2O3S2/c18-12-5-4-9(6-13(12)23(25)26)7-14-15(24)22(16(27)28-14)11-3-1-2-10(8-11)17(19,20)21/h1-8H/b14-7+. The van der Waals surface area contributed by atoms with E-state index >= 15 is 0 Å². The van der Waals surface area contributed by atoms with E-state index in [0.29, 0.717) is 5.56 Å². The second-order valence-corrected chi connectivity index (χ2v) is 8.06. The molecular formula is C17H8BrF3N2O3S2. The number of anilines is 1. The van der Waals surface area contributed by atoms with E-state index in [-0.39, 0.29) is 25.1 Å². The smallest absolute Gasteiger partial charge is 0.268 e. The van der Waals surface area contributed by atoms with Crippen molar-refractivity contribution in [3.05, 3.63) is 73.1 Å². The molecule has 1 heterocycles. The minimum absolute atomic E-state index is 0.00233. The lowest BCUT2D eigenvalue weighted by atomic mass is 10.1. The zero-order valence-corrected chi connectivity index (χ0v) is 16.8. The van der Waals surface area contributed by atoms with E-state index < -0.39 is 22.6 Å². The highest BCUT2D eigenvalue weighted by molar-refractivity contribution is 9.10. The van der Waals surface area contributed by atoms with Crippen LogP contribution in [0.1, 0.15) is 11.1 Å². The molecule has 11 heteroatoms. The van der Waals surface area contributed by atoms with E-state index in [1.807, 2.05) is 0 Å². The summed E-state index contributed by atoms with van der Waals surface area (Å²) in [4.78, 5) is 24.3. The van der Waals surface area contributed by atoms with Gasteiger partial charge in [0.2, 0.25) is 0 Å². The van der Waals surface area contributed by atoms with Crippen molar-refractivity contribution < 1.29 is 22.9 Å². The topological polar surface area (TPSA) is 63.4 Å². The van der Waals surface area contributed by atoms with Gasteiger partial charge in [-0.1, -0.05) is 36.1 Å². The number of nitro groups is 1. The molecule has 1 fully saturated rings. The molecule has 3 rings (SSSR count). The van der Waals surface area contributed by atoms with Crippen LogP contribution < -0.4 is 4.90 Å². The number of rotatable bonds is 3. The molecule has 144 valence electrons. The molecule has 1 amide bonds. The number of hydrogen-bond acceptors (Lipinski definition) is 5. The van der Waals surface area contributed by atoms with Gasteiger partial charge in [-0.15, -0.1) is 0 Å². The lowest BCUT2D eigenvalue weighted by molar-refractivity contribution is -0.385. The molecule has 1 aliphatic rings. The first-order valence-corrected chi connectivity index (χ1v) is 9.49. The zero-order valence-electron chi connectivity index (χ0n) is 13.6. The van der Waals surface area contributed by atoms with E-state index in [0.717, 1.165) is 28.8 Å². The molecule has 0 unspecified atom stereocenters. The van der Waals surface area contributed by atoms with Crippen LogP contribution in [-0.4, -0.2) is 15.2 Å². The van der Waals surface area contributed by atoms with Crippen molar-refractivity contribution in [2.24, 2.45) is 0 Å². The summed E-state index contributed by atoms with van der Waals surface area (Å²) in [6.45, 7) is 0. The van der Waals surface area contributed by atoms with Gasteiger partial charge in [-0.05, 0) is 51.8 Å². The molecule has 0 bridgehead atoms. The highest BCUT2D eigenvalue weighted by atomic mass is 79.9. The molecule has 2 aromatic carbocycles. The van der Waals surface area contributed by atoms with Gasteiger partial charge in [-0.25, -0.2) is 0 Å². The van der Waals surface area contributed by atoms with Crippen molar-refractivity contribution in [2.75, 3.05) is 4.90 Å². The third-order valence-electron chi connectivity index (χ3n) is 3.69. The van der Waals surface area contributed by atoms with E-state index in [2.05, 4.69) is 15.9 Å². The Morgan fingerprint density at radius 1 is 1.21 bits per heavy atom. The largest absolute Gasteiger partial charge is 0.416 e. The molecule has 5 nitrogen and oxygen atoms in total. The number of thioether (sulfide) groups is 1. The van der Waals surface area contributed by atoms with Gasteiger partial charge in [0.05, 0.1) is 25.6 Å². The summed E-state index contributed by atoms with van der Waals surface area (Å²) < 4.78 is 39.2. The van der Waals surface area contributed by atoms with E-state index in [4.69, 9.17) is 12.2 Å². The van der Waals surface area contributed by atoms with Gasteiger partial charge in [0.25, 0.3) is 11.6 Å². The Labute approximate surface area is 174 Å². The van der Waals surface area contributed by atoms with Crippen LogP contribution in [0.4, 0.5) is 24.5 Å². The van der Waals surface area contributed by atoms with Gasteiger partial charge in [-0.3, -0.25) is 19.8 Å². The highest BCUT2D eigenvalue weighted by Crippen LogP contribution is 2.39. The normalized spacial score (nSPS) is 16.1. The number of benzene rings is 2. The first-order valence-electron chi connectivity index (χ1n) is 7.47. The first kappa shape index (κ1) is 20.5. The summed E-state index contributed by atoms with van der Waals surface area (Å²) in [7, 11) is 0. The van der Waals surface area contributed by atoms with Crippen LogP contribution in [-0.2, 0) is 11.0 Å². The monoisotopic (exact) mass is 488 g/mol. The number of carbonyl (C=O) groups is 1. The molecule has 0 saturated carbocycles. The molecule has 1 aliphatic heterocycles. The molecule has 0 aromatic heterocycles. The maximum Gasteiger partial charge on any atom is 0.416 e. The molecule has 1 saturated heterocycles. The Kier molecular flexibility index (Phi) is 5.60. The summed E-state index contributed by atoms with van der Waals surface area (Å²) >= 11 is 9.13. The van der Waals surface area contributed by atoms with Crippen LogP contribution in [0.25, 0.3) is 6.08 Å². The Hall–Kier alpha value is -2.24.